The molecule has 0 radical (unpaired) electrons. The molecule has 2 rings (SSSR count). The Morgan fingerprint density at radius 2 is 1.97 bits per heavy atom. The van der Waals surface area contributed by atoms with E-state index in [9.17, 15) is 14.7 Å². The zero-order valence-electron chi connectivity index (χ0n) is 18.2. The lowest BCUT2D eigenvalue weighted by Crippen LogP contribution is -2.29. The van der Waals surface area contributed by atoms with Gasteiger partial charge in [0.25, 0.3) is 0 Å². The Kier molecular flexibility index (Phi) is 7.91. The van der Waals surface area contributed by atoms with Crippen molar-refractivity contribution >= 4 is 17.8 Å². The standard InChI is InChI=1S/C24H33NO4/c1-6-8-18(26)23-15(4)11-14(3)22(16(23)5)17-12-19(27)24(20(28)13-17)21(9-10-25)29-7-2/h10-11,17,21,25,27H,6-9,12-13H2,1-5H3. The van der Waals surface area contributed by atoms with Crippen LogP contribution in [0.5, 0.6) is 0 Å². The van der Waals surface area contributed by atoms with E-state index in [0.29, 0.717) is 25.0 Å². The van der Waals surface area contributed by atoms with Gasteiger partial charge in [-0.1, -0.05) is 13.0 Å². The highest BCUT2D eigenvalue weighted by Crippen LogP contribution is 2.40. The van der Waals surface area contributed by atoms with E-state index in [0.717, 1.165) is 34.2 Å². The summed E-state index contributed by atoms with van der Waals surface area (Å²) < 4.78 is 5.61. The van der Waals surface area contributed by atoms with Crippen LogP contribution in [0.4, 0.5) is 0 Å². The summed E-state index contributed by atoms with van der Waals surface area (Å²) in [4.78, 5) is 25.6. The van der Waals surface area contributed by atoms with Gasteiger partial charge in [-0.05, 0) is 68.5 Å². The molecule has 29 heavy (non-hydrogen) atoms. The summed E-state index contributed by atoms with van der Waals surface area (Å²) in [6.07, 6.45) is 2.81. The normalized spacial score (nSPS) is 18.1. The van der Waals surface area contributed by atoms with Crippen molar-refractivity contribution in [3.8, 4) is 0 Å². The smallest absolute Gasteiger partial charge is 0.165 e. The summed E-state index contributed by atoms with van der Waals surface area (Å²) in [5.41, 5.74) is 4.99. The van der Waals surface area contributed by atoms with Gasteiger partial charge in [-0.2, -0.15) is 0 Å². The van der Waals surface area contributed by atoms with Crippen LogP contribution in [0.25, 0.3) is 0 Å². The summed E-state index contributed by atoms with van der Waals surface area (Å²) in [6, 6.07) is 2.02. The number of Topliss-reactive ketones (excluding diaryl/α,β-unsaturated/α-hetero) is 2. The predicted octanol–water partition coefficient (Wildman–Crippen LogP) is 5.30. The van der Waals surface area contributed by atoms with Gasteiger partial charge in [0.05, 0.1) is 11.7 Å². The van der Waals surface area contributed by atoms with E-state index in [1.54, 1.807) is 0 Å². The molecule has 0 aliphatic heterocycles. The molecule has 5 nitrogen and oxygen atoms in total. The number of aliphatic hydroxyl groups is 1. The van der Waals surface area contributed by atoms with Gasteiger partial charge < -0.3 is 15.3 Å². The van der Waals surface area contributed by atoms with Crippen LogP contribution in [0.2, 0.25) is 0 Å². The van der Waals surface area contributed by atoms with E-state index in [2.05, 4.69) is 0 Å². The number of aryl methyl sites for hydroxylation is 2. The van der Waals surface area contributed by atoms with Crippen molar-refractivity contribution in [2.75, 3.05) is 6.61 Å². The minimum Gasteiger partial charge on any atom is -0.512 e. The van der Waals surface area contributed by atoms with Crippen LogP contribution in [-0.2, 0) is 9.53 Å². The zero-order chi connectivity index (χ0) is 21.7. The first-order valence-corrected chi connectivity index (χ1v) is 10.5. The molecule has 0 spiro atoms. The largest absolute Gasteiger partial charge is 0.512 e. The van der Waals surface area contributed by atoms with Gasteiger partial charge in [0, 0.05) is 37.9 Å². The van der Waals surface area contributed by atoms with E-state index in [-0.39, 0.29) is 36.1 Å². The average molecular weight is 400 g/mol. The van der Waals surface area contributed by atoms with Crippen LogP contribution in [0, 0.1) is 26.2 Å². The Balaban J connectivity index is 2.47. The van der Waals surface area contributed by atoms with Crippen LogP contribution in [0.3, 0.4) is 0 Å². The number of hydrogen-bond donors (Lipinski definition) is 2. The van der Waals surface area contributed by atoms with Gasteiger partial charge in [-0.25, -0.2) is 0 Å². The van der Waals surface area contributed by atoms with Gasteiger partial charge in [-0.3, -0.25) is 9.59 Å². The maximum Gasteiger partial charge on any atom is 0.165 e. The molecule has 2 N–H and O–H groups in total. The van der Waals surface area contributed by atoms with Crippen molar-refractivity contribution in [3.05, 3.63) is 45.2 Å². The van der Waals surface area contributed by atoms with Gasteiger partial charge in [0.15, 0.2) is 11.6 Å². The lowest BCUT2D eigenvalue weighted by Gasteiger charge is -2.30. The van der Waals surface area contributed by atoms with Crippen molar-refractivity contribution in [1.29, 1.82) is 5.41 Å². The van der Waals surface area contributed by atoms with Gasteiger partial charge in [0.2, 0.25) is 0 Å². The van der Waals surface area contributed by atoms with Crippen LogP contribution in [0.15, 0.2) is 17.4 Å². The summed E-state index contributed by atoms with van der Waals surface area (Å²) >= 11 is 0. The van der Waals surface area contributed by atoms with Crippen molar-refractivity contribution in [3.63, 3.8) is 0 Å². The molecular weight excluding hydrogens is 366 g/mol. The van der Waals surface area contributed by atoms with Crippen molar-refractivity contribution in [2.45, 2.75) is 78.7 Å². The second kappa shape index (κ2) is 9.97. The highest BCUT2D eigenvalue weighted by Gasteiger charge is 2.35. The van der Waals surface area contributed by atoms with E-state index in [4.69, 9.17) is 10.1 Å². The second-order valence-corrected chi connectivity index (χ2v) is 7.87. The Labute approximate surface area is 173 Å². The number of ether oxygens (including phenoxy) is 1. The maximum absolute atomic E-state index is 13.0. The lowest BCUT2D eigenvalue weighted by atomic mass is 9.76. The third kappa shape index (κ3) is 4.84. The fraction of sp³-hybridized carbons (Fsp3) is 0.542. The fourth-order valence-corrected chi connectivity index (χ4v) is 4.67. The molecule has 1 aromatic carbocycles. The number of carbonyl (C=O) groups is 2. The highest BCUT2D eigenvalue weighted by molar-refractivity contribution is 6.00. The van der Waals surface area contributed by atoms with Gasteiger partial charge >= 0.3 is 0 Å². The average Bonchev–Trinajstić information content (AvgIpc) is 2.61. The number of nitrogens with one attached hydrogen (secondary N) is 1. The van der Waals surface area contributed by atoms with Crippen molar-refractivity contribution in [1.82, 2.24) is 0 Å². The predicted molar refractivity (Wildman–Crippen MR) is 115 cm³/mol. The topological polar surface area (TPSA) is 87.5 Å². The monoisotopic (exact) mass is 399 g/mol. The zero-order valence-corrected chi connectivity index (χ0v) is 18.2. The van der Waals surface area contributed by atoms with E-state index in [1.165, 1.54) is 6.21 Å². The van der Waals surface area contributed by atoms with Crippen molar-refractivity contribution in [2.24, 2.45) is 0 Å². The van der Waals surface area contributed by atoms with Crippen molar-refractivity contribution < 1.29 is 19.4 Å². The molecule has 1 aliphatic rings. The highest BCUT2D eigenvalue weighted by atomic mass is 16.5. The first-order valence-electron chi connectivity index (χ1n) is 10.5. The summed E-state index contributed by atoms with van der Waals surface area (Å²) in [5.74, 6) is -0.122. The Morgan fingerprint density at radius 1 is 1.28 bits per heavy atom. The van der Waals surface area contributed by atoms with E-state index >= 15 is 0 Å². The summed E-state index contributed by atoms with van der Waals surface area (Å²) in [5, 5.41) is 18.1. The van der Waals surface area contributed by atoms with Crippen LogP contribution in [0.1, 0.15) is 84.5 Å². The van der Waals surface area contributed by atoms with Crippen LogP contribution >= 0.6 is 0 Å². The molecule has 1 aliphatic carbocycles. The first kappa shape index (κ1) is 23.0. The SMILES string of the molecule is CCCC(=O)c1c(C)cc(C)c(C2CC(=O)C(C(CC=N)OCC)=C(O)C2)c1C. The maximum atomic E-state index is 13.0. The molecule has 0 saturated heterocycles. The molecule has 0 heterocycles. The summed E-state index contributed by atoms with van der Waals surface area (Å²) in [7, 11) is 0. The first-order chi connectivity index (χ1) is 13.8. The molecule has 2 unspecified atom stereocenters. The lowest BCUT2D eigenvalue weighted by molar-refractivity contribution is -0.118. The second-order valence-electron chi connectivity index (χ2n) is 7.87. The Morgan fingerprint density at radius 3 is 2.52 bits per heavy atom. The van der Waals surface area contributed by atoms with Crippen LogP contribution in [-0.4, -0.2) is 35.6 Å². The Hall–Kier alpha value is -2.27. The molecule has 2 atom stereocenters. The number of benzene rings is 1. The minimum absolute atomic E-state index is 0.0485. The molecule has 0 aromatic heterocycles. The molecule has 1 aromatic rings. The van der Waals surface area contributed by atoms with Gasteiger partial charge in [-0.15, -0.1) is 0 Å². The molecule has 0 saturated carbocycles. The number of aliphatic hydroxyl groups excluding tert-OH is 1. The Bertz CT molecular complexity index is 838. The fourth-order valence-electron chi connectivity index (χ4n) is 4.67. The molecule has 0 amide bonds. The molecule has 0 bridgehead atoms. The third-order valence-electron chi connectivity index (χ3n) is 5.70. The molecular formula is C24H33NO4. The van der Waals surface area contributed by atoms with Crippen LogP contribution < -0.4 is 0 Å². The number of rotatable bonds is 9. The van der Waals surface area contributed by atoms with E-state index < -0.39 is 6.10 Å². The number of carbonyl (C=O) groups excluding carboxylic acids is 2. The number of allylic oxidation sites excluding steroid dienone is 1. The number of hydrogen-bond acceptors (Lipinski definition) is 5. The minimum atomic E-state index is -0.576. The molecule has 0 fully saturated rings. The molecule has 5 heteroatoms. The number of ketones is 2. The summed E-state index contributed by atoms with van der Waals surface area (Å²) in [6.45, 7) is 10.1. The quantitative estimate of drug-likeness (QED) is 0.436. The van der Waals surface area contributed by atoms with E-state index in [1.807, 2.05) is 40.7 Å². The third-order valence-corrected chi connectivity index (χ3v) is 5.70. The van der Waals surface area contributed by atoms with Gasteiger partial charge in [0.1, 0.15) is 5.76 Å². The molecule has 158 valence electrons.